The third kappa shape index (κ3) is 4.74. The summed E-state index contributed by atoms with van der Waals surface area (Å²) in [6, 6.07) is 80.5. The lowest BCUT2D eigenvalue weighted by Crippen LogP contribution is -2.38. The van der Waals surface area contributed by atoms with Crippen molar-refractivity contribution in [2.45, 2.75) is 15.2 Å². The molecule has 58 heavy (non-hydrogen) atoms. The van der Waals surface area contributed by atoms with Crippen molar-refractivity contribution in [3.63, 3.8) is 0 Å². The number of hydrogen-bond donors (Lipinski definition) is 0. The van der Waals surface area contributed by atoms with Gasteiger partial charge in [-0.3, -0.25) is 0 Å². The first-order chi connectivity index (χ1) is 28.8. The van der Waals surface area contributed by atoms with Crippen molar-refractivity contribution in [3.05, 3.63) is 241 Å². The minimum Gasteiger partial charge on any atom is -0.309 e. The topological polar surface area (TPSA) is 8.17 Å². The van der Waals surface area contributed by atoms with Gasteiger partial charge < -0.3 is 9.47 Å². The first-order valence-electron chi connectivity index (χ1n) is 19.9. The number of hydrogen-bond acceptors (Lipinski definition) is 2. The molecule has 1 aromatic heterocycles. The molecule has 0 bridgehead atoms. The second-order valence-corrected chi connectivity index (χ2v) is 16.3. The van der Waals surface area contributed by atoms with Gasteiger partial charge >= 0.3 is 0 Å². The van der Waals surface area contributed by atoms with Crippen LogP contribution in [0.1, 0.15) is 22.3 Å². The fraction of sp³-hybridized carbons (Fsp3) is 0.0182. The summed E-state index contributed by atoms with van der Waals surface area (Å²) in [6.07, 6.45) is 0. The van der Waals surface area contributed by atoms with Gasteiger partial charge in [0.1, 0.15) is 0 Å². The molecule has 3 heteroatoms. The lowest BCUT2D eigenvalue weighted by Gasteiger charge is -2.46. The molecule has 2 aliphatic rings. The van der Waals surface area contributed by atoms with Crippen LogP contribution in [0, 0.1) is 0 Å². The van der Waals surface area contributed by atoms with Crippen molar-refractivity contribution < 1.29 is 0 Å². The van der Waals surface area contributed by atoms with E-state index < -0.39 is 5.41 Å². The summed E-state index contributed by atoms with van der Waals surface area (Å²) in [6.45, 7) is 0. The average molecular weight is 757 g/mol. The van der Waals surface area contributed by atoms with Crippen LogP contribution >= 0.6 is 11.8 Å². The number of anilines is 3. The van der Waals surface area contributed by atoms with E-state index in [2.05, 4.69) is 228 Å². The highest BCUT2D eigenvalue weighted by Gasteiger charge is 2.50. The van der Waals surface area contributed by atoms with E-state index in [-0.39, 0.29) is 0 Å². The SMILES string of the molecule is c1ccc(-c2ccc(N(c3ccc(-c4ccccc4)cc3)c3cccc4c3Sc3ccccc3C43c4ccccc4-n4c5ccccc5c5cccc3c54)cc2)cc1. The molecule has 0 N–H and O–H groups in total. The second-order valence-electron chi connectivity index (χ2n) is 15.2. The van der Waals surface area contributed by atoms with E-state index in [1.54, 1.807) is 0 Å². The van der Waals surface area contributed by atoms with E-state index >= 15 is 0 Å². The maximum absolute atomic E-state index is 2.52. The summed E-state index contributed by atoms with van der Waals surface area (Å²) in [5, 5.41) is 2.57. The Balaban J connectivity index is 1.14. The van der Waals surface area contributed by atoms with Gasteiger partial charge in [-0.2, -0.15) is 0 Å². The lowest BCUT2D eigenvalue weighted by molar-refractivity contribution is 0.689. The van der Waals surface area contributed by atoms with Crippen LogP contribution in [-0.2, 0) is 5.41 Å². The zero-order valence-electron chi connectivity index (χ0n) is 31.6. The Morgan fingerprint density at radius 2 is 0.897 bits per heavy atom. The molecule has 1 spiro atoms. The van der Waals surface area contributed by atoms with Gasteiger partial charge in [0.2, 0.25) is 0 Å². The van der Waals surface area contributed by atoms with Crippen LogP contribution in [-0.4, -0.2) is 4.57 Å². The predicted molar refractivity (Wildman–Crippen MR) is 242 cm³/mol. The van der Waals surface area contributed by atoms with Crippen LogP contribution in [0.4, 0.5) is 17.1 Å². The molecule has 2 aliphatic heterocycles. The summed E-state index contributed by atoms with van der Waals surface area (Å²) in [4.78, 5) is 5.00. The Hall–Kier alpha value is -7.07. The lowest BCUT2D eigenvalue weighted by atomic mass is 9.62. The summed E-state index contributed by atoms with van der Waals surface area (Å²) in [5.41, 5.74) is 16.6. The minimum atomic E-state index is -0.562. The normalized spacial score (nSPS) is 14.9. The molecule has 9 aromatic carbocycles. The van der Waals surface area contributed by atoms with Gasteiger partial charge in [0, 0.05) is 31.9 Å². The highest BCUT2D eigenvalue weighted by atomic mass is 32.2. The molecule has 0 saturated carbocycles. The maximum Gasteiger partial charge on any atom is 0.0765 e. The predicted octanol–water partition coefficient (Wildman–Crippen LogP) is 14.7. The van der Waals surface area contributed by atoms with Gasteiger partial charge in [-0.05, 0) is 93.0 Å². The third-order valence-corrected chi connectivity index (χ3v) is 13.5. The molecule has 0 radical (unpaired) electrons. The van der Waals surface area contributed by atoms with E-state index in [4.69, 9.17) is 0 Å². The molecule has 0 amide bonds. The summed E-state index contributed by atoms with van der Waals surface area (Å²) < 4.78 is 2.52. The zero-order chi connectivity index (χ0) is 38.2. The van der Waals surface area contributed by atoms with Crippen LogP contribution in [0.5, 0.6) is 0 Å². The molecule has 10 aromatic rings. The van der Waals surface area contributed by atoms with Crippen molar-refractivity contribution in [1.29, 1.82) is 0 Å². The summed E-state index contributed by atoms with van der Waals surface area (Å²) >= 11 is 1.90. The maximum atomic E-state index is 2.52. The molecule has 1 unspecified atom stereocenters. The highest BCUT2D eigenvalue weighted by Crippen LogP contribution is 2.62. The standard InChI is InChI=1S/C55H36N2S/c1-3-15-37(16-4-1)39-29-33-41(34-30-39)56(42-35-31-40(32-36-42)38-17-5-2-6-18-38)51-27-14-24-48-54(51)58-52-28-12-9-22-46(52)55(48)45-21-8-11-26-50(45)57-49-25-10-7-19-43(49)44-20-13-23-47(55)53(44)57/h1-36H. The van der Waals surface area contributed by atoms with E-state index in [0.717, 1.165) is 17.1 Å². The molecular formula is C55H36N2S. The van der Waals surface area contributed by atoms with E-state index in [0.29, 0.717) is 0 Å². The van der Waals surface area contributed by atoms with Gasteiger partial charge in [-0.25, -0.2) is 0 Å². The molecular weight excluding hydrogens is 721 g/mol. The number of benzene rings is 9. The molecule has 272 valence electrons. The second kappa shape index (κ2) is 13.0. The first kappa shape index (κ1) is 33.1. The van der Waals surface area contributed by atoms with Gasteiger partial charge in [0.25, 0.3) is 0 Å². The molecule has 2 nitrogen and oxygen atoms in total. The number of rotatable bonds is 5. The Morgan fingerprint density at radius 1 is 0.379 bits per heavy atom. The van der Waals surface area contributed by atoms with Crippen LogP contribution < -0.4 is 4.90 Å². The number of para-hydroxylation sites is 3. The van der Waals surface area contributed by atoms with Crippen molar-refractivity contribution in [1.82, 2.24) is 4.57 Å². The minimum absolute atomic E-state index is 0.562. The average Bonchev–Trinajstić information content (AvgIpc) is 3.64. The zero-order valence-corrected chi connectivity index (χ0v) is 32.4. The van der Waals surface area contributed by atoms with Crippen molar-refractivity contribution in [2.24, 2.45) is 0 Å². The van der Waals surface area contributed by atoms with E-state index in [9.17, 15) is 0 Å². The Bertz CT molecular complexity index is 3100. The Kier molecular flexibility index (Phi) is 7.41. The van der Waals surface area contributed by atoms with Crippen LogP contribution in [0.15, 0.2) is 228 Å². The van der Waals surface area contributed by atoms with Crippen LogP contribution in [0.25, 0.3) is 49.7 Å². The number of aromatic nitrogens is 1. The first-order valence-corrected chi connectivity index (χ1v) is 20.8. The largest absolute Gasteiger partial charge is 0.309 e. The number of fused-ring (bicyclic) bond motifs is 11. The summed E-state index contributed by atoms with van der Waals surface area (Å²) in [5.74, 6) is 0. The number of nitrogens with zero attached hydrogens (tertiary/aromatic N) is 2. The van der Waals surface area contributed by atoms with Crippen molar-refractivity contribution >= 4 is 50.6 Å². The molecule has 3 heterocycles. The highest BCUT2D eigenvalue weighted by molar-refractivity contribution is 7.99. The molecule has 0 fully saturated rings. The van der Waals surface area contributed by atoms with Gasteiger partial charge in [0.15, 0.2) is 0 Å². The molecule has 12 rings (SSSR count). The Labute approximate surface area is 342 Å². The molecule has 0 saturated heterocycles. The van der Waals surface area contributed by atoms with Gasteiger partial charge in [-0.1, -0.05) is 182 Å². The van der Waals surface area contributed by atoms with E-state index in [1.807, 2.05) is 11.8 Å². The van der Waals surface area contributed by atoms with Crippen molar-refractivity contribution in [3.8, 4) is 27.9 Å². The molecule has 1 atom stereocenters. The van der Waals surface area contributed by atoms with Crippen LogP contribution in [0.3, 0.4) is 0 Å². The summed E-state index contributed by atoms with van der Waals surface area (Å²) in [7, 11) is 0. The molecule has 0 aliphatic carbocycles. The van der Waals surface area contributed by atoms with Crippen molar-refractivity contribution in [2.75, 3.05) is 4.90 Å². The van der Waals surface area contributed by atoms with Gasteiger partial charge in [0.05, 0.1) is 27.8 Å². The fourth-order valence-corrected chi connectivity index (χ4v) is 11.1. The van der Waals surface area contributed by atoms with E-state index in [1.165, 1.54) is 81.8 Å². The van der Waals surface area contributed by atoms with Gasteiger partial charge in [-0.15, -0.1) is 0 Å². The quantitative estimate of drug-likeness (QED) is 0.173. The third-order valence-electron chi connectivity index (χ3n) is 12.3. The monoisotopic (exact) mass is 756 g/mol. The Morgan fingerprint density at radius 3 is 1.60 bits per heavy atom. The fourth-order valence-electron chi connectivity index (χ4n) is 9.80. The smallest absolute Gasteiger partial charge is 0.0765 e. The van der Waals surface area contributed by atoms with Crippen LogP contribution in [0.2, 0.25) is 0 Å².